The molecule has 0 aromatic carbocycles. The molecule has 1 aliphatic heterocycles. The summed E-state index contributed by atoms with van der Waals surface area (Å²) in [5.74, 6) is 0.379. The quantitative estimate of drug-likeness (QED) is 0.637. The maximum atomic E-state index is 11.8. The number of likely N-dealkylation sites (tertiary alicyclic amines) is 1. The van der Waals surface area contributed by atoms with Crippen molar-refractivity contribution in [1.29, 1.82) is 0 Å². The Morgan fingerprint density at radius 2 is 1.79 bits per heavy atom. The van der Waals surface area contributed by atoms with Gasteiger partial charge in [-0.3, -0.25) is 4.79 Å². The molecule has 0 aromatic heterocycles. The first-order valence-electron chi connectivity index (χ1n) is 5.86. The molecule has 2 rings (SSSR count). The van der Waals surface area contributed by atoms with Crippen molar-refractivity contribution in [1.82, 2.24) is 4.90 Å². The molecule has 0 N–H and O–H groups in total. The van der Waals surface area contributed by atoms with Gasteiger partial charge in [0.2, 0.25) is 0 Å². The molecule has 0 aromatic rings. The van der Waals surface area contributed by atoms with E-state index in [9.17, 15) is 4.79 Å². The lowest BCUT2D eigenvalue weighted by Gasteiger charge is -2.30. The van der Waals surface area contributed by atoms with Crippen LogP contribution in [0.15, 0.2) is 11.8 Å². The van der Waals surface area contributed by atoms with Crippen molar-refractivity contribution in [3.8, 4) is 0 Å². The van der Waals surface area contributed by atoms with Crippen molar-refractivity contribution in [2.45, 2.75) is 44.9 Å². The third-order valence-corrected chi connectivity index (χ3v) is 3.18. The maximum Gasteiger partial charge on any atom is 0.178 e. The molecular weight excluding hydrogens is 174 g/mol. The summed E-state index contributed by atoms with van der Waals surface area (Å²) in [6.07, 6.45) is 10.1. The first-order chi connectivity index (χ1) is 6.88. The highest BCUT2D eigenvalue weighted by Gasteiger charge is 2.20. The van der Waals surface area contributed by atoms with E-state index in [-0.39, 0.29) is 0 Å². The molecule has 14 heavy (non-hydrogen) atoms. The van der Waals surface area contributed by atoms with Crippen LogP contribution < -0.4 is 0 Å². The summed E-state index contributed by atoms with van der Waals surface area (Å²) in [7, 11) is 0. The summed E-state index contributed by atoms with van der Waals surface area (Å²) in [4.78, 5) is 14.1. The number of piperidine rings is 1. The van der Waals surface area contributed by atoms with E-state index in [0.29, 0.717) is 5.78 Å². The second-order valence-corrected chi connectivity index (χ2v) is 4.31. The van der Waals surface area contributed by atoms with E-state index < -0.39 is 0 Å². The third-order valence-electron chi connectivity index (χ3n) is 3.18. The summed E-state index contributed by atoms with van der Waals surface area (Å²) in [5, 5.41) is 0. The Morgan fingerprint density at radius 1 is 1.00 bits per heavy atom. The summed E-state index contributed by atoms with van der Waals surface area (Å²) in [6.45, 7) is 2.19. The first kappa shape index (κ1) is 9.75. The maximum absolute atomic E-state index is 11.8. The van der Waals surface area contributed by atoms with Crippen LogP contribution in [0.4, 0.5) is 0 Å². The minimum Gasteiger partial charge on any atom is -0.369 e. The average molecular weight is 193 g/mol. The van der Waals surface area contributed by atoms with Gasteiger partial charge in [-0.25, -0.2) is 0 Å². The summed E-state index contributed by atoms with van der Waals surface area (Å²) < 4.78 is 0. The van der Waals surface area contributed by atoms with Gasteiger partial charge < -0.3 is 4.90 Å². The molecule has 1 heterocycles. The van der Waals surface area contributed by atoms with Crippen LogP contribution >= 0.6 is 0 Å². The summed E-state index contributed by atoms with van der Waals surface area (Å²) >= 11 is 0. The van der Waals surface area contributed by atoms with Gasteiger partial charge in [-0.05, 0) is 38.5 Å². The van der Waals surface area contributed by atoms with Gasteiger partial charge in [0.05, 0.1) is 5.70 Å². The van der Waals surface area contributed by atoms with Crippen molar-refractivity contribution < 1.29 is 4.79 Å². The fourth-order valence-corrected chi connectivity index (χ4v) is 2.35. The molecule has 0 saturated carbocycles. The van der Waals surface area contributed by atoms with Crippen molar-refractivity contribution >= 4 is 5.78 Å². The zero-order valence-corrected chi connectivity index (χ0v) is 8.80. The molecule has 1 saturated heterocycles. The molecule has 0 atom stereocenters. The lowest BCUT2D eigenvalue weighted by atomic mass is 10.1. The number of rotatable bonds is 1. The predicted octanol–water partition coefficient (Wildman–Crippen LogP) is 2.50. The fraction of sp³-hybridized carbons (Fsp3) is 0.750. The van der Waals surface area contributed by atoms with Gasteiger partial charge in [0, 0.05) is 19.5 Å². The Balaban J connectivity index is 2.05. The van der Waals surface area contributed by atoms with Gasteiger partial charge >= 0.3 is 0 Å². The molecular formula is C12H19NO. The molecule has 78 valence electrons. The number of nitrogens with zero attached hydrogens (tertiary/aromatic N) is 1. The number of carbonyl (C=O) groups excluding carboxylic acids is 1. The molecule has 0 bridgehead atoms. The SMILES string of the molecule is O=C1CCCCC=C1N1CCCCC1. The van der Waals surface area contributed by atoms with Gasteiger partial charge in [0.15, 0.2) is 5.78 Å². The Hall–Kier alpha value is -0.790. The molecule has 1 aliphatic carbocycles. The lowest BCUT2D eigenvalue weighted by Crippen LogP contribution is -2.32. The number of allylic oxidation sites excluding steroid dienone is 2. The monoisotopic (exact) mass is 193 g/mol. The third kappa shape index (κ3) is 2.17. The average Bonchev–Trinajstić information content (AvgIpc) is 2.44. The van der Waals surface area contributed by atoms with Crippen molar-refractivity contribution in [2.24, 2.45) is 0 Å². The van der Waals surface area contributed by atoms with Crippen LogP contribution in [0.3, 0.4) is 0 Å². The molecule has 2 heteroatoms. The van der Waals surface area contributed by atoms with Crippen molar-refractivity contribution in [3.05, 3.63) is 11.8 Å². The van der Waals surface area contributed by atoms with E-state index >= 15 is 0 Å². The highest BCUT2D eigenvalue weighted by atomic mass is 16.1. The van der Waals surface area contributed by atoms with E-state index in [1.807, 2.05) is 0 Å². The van der Waals surface area contributed by atoms with Crippen molar-refractivity contribution in [2.75, 3.05) is 13.1 Å². The predicted molar refractivity (Wildman–Crippen MR) is 57.0 cm³/mol. The van der Waals surface area contributed by atoms with Crippen LogP contribution in [0.1, 0.15) is 44.9 Å². The highest BCUT2D eigenvalue weighted by Crippen LogP contribution is 2.21. The van der Waals surface area contributed by atoms with Crippen LogP contribution in [0.2, 0.25) is 0 Å². The Morgan fingerprint density at radius 3 is 2.57 bits per heavy atom. The number of hydrogen-bond acceptors (Lipinski definition) is 2. The van der Waals surface area contributed by atoms with Gasteiger partial charge in [-0.15, -0.1) is 0 Å². The fourth-order valence-electron chi connectivity index (χ4n) is 2.35. The van der Waals surface area contributed by atoms with Crippen LogP contribution in [-0.2, 0) is 4.79 Å². The molecule has 2 aliphatic rings. The molecule has 2 nitrogen and oxygen atoms in total. The second-order valence-electron chi connectivity index (χ2n) is 4.31. The highest BCUT2D eigenvalue weighted by molar-refractivity contribution is 5.94. The normalized spacial score (nSPS) is 24.4. The molecule has 0 unspecified atom stereocenters. The van der Waals surface area contributed by atoms with E-state index in [4.69, 9.17) is 0 Å². The Labute approximate surface area is 86.0 Å². The van der Waals surface area contributed by atoms with Crippen molar-refractivity contribution in [3.63, 3.8) is 0 Å². The molecule has 0 amide bonds. The minimum atomic E-state index is 0.379. The topological polar surface area (TPSA) is 20.3 Å². The van der Waals surface area contributed by atoms with Gasteiger partial charge in [0.1, 0.15) is 0 Å². The van der Waals surface area contributed by atoms with Crippen LogP contribution in [0, 0.1) is 0 Å². The molecule has 0 spiro atoms. The lowest BCUT2D eigenvalue weighted by molar-refractivity contribution is -0.117. The summed E-state index contributed by atoms with van der Waals surface area (Å²) in [6, 6.07) is 0. The molecule has 0 radical (unpaired) electrons. The van der Waals surface area contributed by atoms with Gasteiger partial charge in [0.25, 0.3) is 0 Å². The van der Waals surface area contributed by atoms with Crippen LogP contribution in [0.25, 0.3) is 0 Å². The van der Waals surface area contributed by atoms with Crippen LogP contribution in [-0.4, -0.2) is 23.8 Å². The Bertz CT molecular complexity index is 239. The standard InChI is InChI=1S/C12H19NO/c14-12-8-4-1-3-7-11(12)13-9-5-2-6-10-13/h7H,1-6,8-10H2. The molecule has 1 fully saturated rings. The van der Waals surface area contributed by atoms with Crippen LogP contribution in [0.5, 0.6) is 0 Å². The number of carbonyl (C=O) groups is 1. The number of hydrogen-bond donors (Lipinski definition) is 0. The van der Waals surface area contributed by atoms with E-state index in [1.165, 1.54) is 25.7 Å². The second kappa shape index (κ2) is 4.63. The van der Waals surface area contributed by atoms with E-state index in [2.05, 4.69) is 11.0 Å². The number of ketones is 1. The Kier molecular flexibility index (Phi) is 3.22. The van der Waals surface area contributed by atoms with Gasteiger partial charge in [-0.1, -0.05) is 6.08 Å². The van der Waals surface area contributed by atoms with E-state index in [1.54, 1.807) is 0 Å². The largest absolute Gasteiger partial charge is 0.369 e. The minimum absolute atomic E-state index is 0.379. The zero-order valence-electron chi connectivity index (χ0n) is 8.80. The van der Waals surface area contributed by atoms with E-state index in [0.717, 1.165) is 38.0 Å². The van der Waals surface area contributed by atoms with Gasteiger partial charge in [-0.2, -0.15) is 0 Å². The zero-order chi connectivity index (χ0) is 9.80. The number of Topliss-reactive ketones (excluding diaryl/α,β-unsaturated/α-hetero) is 1. The smallest absolute Gasteiger partial charge is 0.178 e. The summed E-state index contributed by atoms with van der Waals surface area (Å²) in [5.41, 5.74) is 1.03. The first-order valence-corrected chi connectivity index (χ1v) is 5.86.